The number of nitrogen functional groups attached to an aromatic ring is 1. The molecule has 1 saturated heterocycles. The standard InChI is InChI=1S/C19H23N7O4/c20-11(6-10-4-2-1-3-5-10)18(29)25-13-12(7-27)30-19(15(13)28)26-9-24-14-16(21)22-8-23-17(14)26/h1-5,8-9,11-13,15,19,27-28H,6-7,20H2,(H,25,29)(H2,21,22,23)/t11-,12-,13-,15+,19-/m0/s1. The van der Waals surface area contributed by atoms with Crippen molar-refractivity contribution in [3.63, 3.8) is 0 Å². The summed E-state index contributed by atoms with van der Waals surface area (Å²) in [6.45, 7) is -0.407. The average Bonchev–Trinajstić information content (AvgIpc) is 3.31. The minimum absolute atomic E-state index is 0.196. The highest BCUT2D eigenvalue weighted by Gasteiger charge is 2.46. The lowest BCUT2D eigenvalue weighted by Gasteiger charge is -2.22. The van der Waals surface area contributed by atoms with Crippen molar-refractivity contribution in [1.82, 2.24) is 24.8 Å². The Morgan fingerprint density at radius 2 is 2.03 bits per heavy atom. The summed E-state index contributed by atoms with van der Waals surface area (Å²) in [7, 11) is 0. The zero-order valence-electron chi connectivity index (χ0n) is 16.0. The summed E-state index contributed by atoms with van der Waals surface area (Å²) in [4.78, 5) is 24.8. The molecule has 3 heterocycles. The van der Waals surface area contributed by atoms with Crippen molar-refractivity contribution in [3.8, 4) is 0 Å². The molecule has 4 rings (SSSR count). The highest BCUT2D eigenvalue weighted by atomic mass is 16.5. The zero-order chi connectivity index (χ0) is 21.3. The van der Waals surface area contributed by atoms with Gasteiger partial charge in [0.05, 0.1) is 25.0 Å². The van der Waals surface area contributed by atoms with Crippen LogP contribution in [0.15, 0.2) is 43.0 Å². The summed E-state index contributed by atoms with van der Waals surface area (Å²) in [6, 6.07) is 7.69. The van der Waals surface area contributed by atoms with E-state index in [1.165, 1.54) is 17.2 Å². The maximum Gasteiger partial charge on any atom is 0.237 e. The van der Waals surface area contributed by atoms with E-state index in [0.717, 1.165) is 5.56 Å². The minimum Gasteiger partial charge on any atom is -0.394 e. The number of amides is 1. The smallest absolute Gasteiger partial charge is 0.237 e. The maximum atomic E-state index is 12.6. The molecule has 11 nitrogen and oxygen atoms in total. The van der Waals surface area contributed by atoms with Crippen molar-refractivity contribution in [2.75, 3.05) is 12.3 Å². The molecular formula is C19H23N7O4. The van der Waals surface area contributed by atoms with Gasteiger partial charge in [0.1, 0.15) is 24.1 Å². The first-order valence-electron chi connectivity index (χ1n) is 9.47. The number of nitrogens with two attached hydrogens (primary N) is 2. The fourth-order valence-corrected chi connectivity index (χ4v) is 3.59. The summed E-state index contributed by atoms with van der Waals surface area (Å²) >= 11 is 0. The fraction of sp³-hybridized carbons (Fsp3) is 0.368. The van der Waals surface area contributed by atoms with Gasteiger partial charge in [-0.05, 0) is 12.0 Å². The van der Waals surface area contributed by atoms with E-state index in [4.69, 9.17) is 16.2 Å². The molecule has 158 valence electrons. The molecule has 3 aromatic rings. The van der Waals surface area contributed by atoms with Crippen molar-refractivity contribution in [2.24, 2.45) is 5.73 Å². The molecule has 30 heavy (non-hydrogen) atoms. The number of carbonyl (C=O) groups excluding carboxylic acids is 1. The third-order valence-corrected chi connectivity index (χ3v) is 5.16. The number of anilines is 1. The van der Waals surface area contributed by atoms with Crippen LogP contribution in [-0.2, 0) is 16.0 Å². The normalized spacial score (nSPS) is 24.8. The molecule has 0 aliphatic carbocycles. The number of rotatable bonds is 6. The van der Waals surface area contributed by atoms with Crippen molar-refractivity contribution < 1.29 is 19.7 Å². The monoisotopic (exact) mass is 413 g/mol. The Bertz CT molecular complexity index is 1030. The number of aliphatic hydroxyl groups is 2. The molecule has 1 aliphatic heterocycles. The lowest BCUT2D eigenvalue weighted by atomic mass is 10.0. The van der Waals surface area contributed by atoms with Gasteiger partial charge in [-0.1, -0.05) is 30.3 Å². The van der Waals surface area contributed by atoms with Crippen LogP contribution >= 0.6 is 0 Å². The predicted molar refractivity (Wildman–Crippen MR) is 107 cm³/mol. The van der Waals surface area contributed by atoms with E-state index in [1.54, 1.807) is 0 Å². The molecule has 1 fully saturated rings. The van der Waals surface area contributed by atoms with Gasteiger partial charge in [0, 0.05) is 0 Å². The van der Waals surface area contributed by atoms with Crippen molar-refractivity contribution in [3.05, 3.63) is 48.5 Å². The predicted octanol–water partition coefficient (Wildman–Crippen LogP) is -1.29. The van der Waals surface area contributed by atoms with Crippen molar-refractivity contribution in [1.29, 1.82) is 0 Å². The van der Waals surface area contributed by atoms with E-state index < -0.39 is 43.0 Å². The van der Waals surface area contributed by atoms with Gasteiger partial charge in [-0.3, -0.25) is 9.36 Å². The number of hydrogen-bond acceptors (Lipinski definition) is 9. The van der Waals surface area contributed by atoms with Gasteiger partial charge in [-0.15, -0.1) is 0 Å². The Balaban J connectivity index is 1.51. The van der Waals surface area contributed by atoms with Crippen LogP contribution in [0.2, 0.25) is 0 Å². The largest absolute Gasteiger partial charge is 0.394 e. The number of carbonyl (C=O) groups is 1. The first kappa shape index (κ1) is 20.2. The summed E-state index contributed by atoms with van der Waals surface area (Å²) < 4.78 is 7.29. The van der Waals surface area contributed by atoms with Crippen LogP contribution in [0.1, 0.15) is 11.8 Å². The first-order chi connectivity index (χ1) is 14.5. The quantitative estimate of drug-likeness (QED) is 0.329. The van der Waals surface area contributed by atoms with Crippen LogP contribution in [0.25, 0.3) is 11.2 Å². The number of nitrogens with one attached hydrogen (secondary N) is 1. The van der Waals surface area contributed by atoms with Crippen LogP contribution < -0.4 is 16.8 Å². The van der Waals surface area contributed by atoms with E-state index in [1.807, 2.05) is 30.3 Å². The second kappa shape index (κ2) is 8.32. The number of fused-ring (bicyclic) bond motifs is 1. The van der Waals surface area contributed by atoms with Crippen molar-refractivity contribution >= 4 is 22.9 Å². The third-order valence-electron chi connectivity index (χ3n) is 5.16. The first-order valence-corrected chi connectivity index (χ1v) is 9.47. The lowest BCUT2D eigenvalue weighted by molar-refractivity contribution is -0.124. The number of nitrogens with zero attached hydrogens (tertiary/aromatic N) is 4. The number of aromatic nitrogens is 4. The molecule has 1 aliphatic rings. The van der Waals surface area contributed by atoms with Crippen molar-refractivity contribution in [2.45, 2.75) is 36.9 Å². The Morgan fingerprint density at radius 1 is 1.27 bits per heavy atom. The molecular weight excluding hydrogens is 390 g/mol. The second-order valence-electron chi connectivity index (χ2n) is 7.15. The van der Waals surface area contributed by atoms with Gasteiger partial charge < -0.3 is 31.7 Å². The van der Waals surface area contributed by atoms with Gasteiger partial charge in [-0.2, -0.15) is 0 Å². The van der Waals surface area contributed by atoms with Gasteiger partial charge >= 0.3 is 0 Å². The van der Waals surface area contributed by atoms with Crippen LogP contribution in [-0.4, -0.2) is 66.5 Å². The minimum atomic E-state index is -1.18. The van der Waals surface area contributed by atoms with Gasteiger partial charge in [0.15, 0.2) is 17.7 Å². The molecule has 0 unspecified atom stereocenters. The molecule has 11 heteroatoms. The molecule has 7 N–H and O–H groups in total. The molecule has 0 saturated carbocycles. The number of imidazole rings is 1. The topological polar surface area (TPSA) is 174 Å². The summed E-state index contributed by atoms with van der Waals surface area (Å²) in [5.74, 6) is -0.255. The molecule has 5 atom stereocenters. The number of ether oxygens (including phenoxy) is 1. The second-order valence-corrected chi connectivity index (χ2v) is 7.15. The summed E-state index contributed by atoms with van der Waals surface area (Å²) in [5, 5.41) is 23.3. The van der Waals surface area contributed by atoms with Crippen LogP contribution in [0.4, 0.5) is 5.82 Å². The van der Waals surface area contributed by atoms with E-state index in [-0.39, 0.29) is 5.82 Å². The molecule has 1 aromatic carbocycles. The number of benzene rings is 1. The third kappa shape index (κ3) is 3.71. The molecule has 1 amide bonds. The van der Waals surface area contributed by atoms with Crippen LogP contribution in [0.5, 0.6) is 0 Å². The Kier molecular flexibility index (Phi) is 5.59. The van der Waals surface area contributed by atoms with Gasteiger partial charge in [0.2, 0.25) is 5.91 Å². The number of aliphatic hydroxyl groups excluding tert-OH is 2. The molecule has 0 spiro atoms. The molecule has 2 aromatic heterocycles. The highest BCUT2D eigenvalue weighted by molar-refractivity contribution is 5.82. The fourth-order valence-electron chi connectivity index (χ4n) is 3.59. The Labute approximate surface area is 171 Å². The van der Waals surface area contributed by atoms with Crippen LogP contribution in [0, 0.1) is 0 Å². The highest BCUT2D eigenvalue weighted by Crippen LogP contribution is 2.32. The van der Waals surface area contributed by atoms with E-state index in [9.17, 15) is 15.0 Å². The summed E-state index contributed by atoms with van der Waals surface area (Å²) in [5.41, 5.74) is 13.5. The van der Waals surface area contributed by atoms with E-state index in [2.05, 4.69) is 20.3 Å². The van der Waals surface area contributed by atoms with E-state index in [0.29, 0.717) is 17.6 Å². The molecule has 0 bridgehead atoms. The Hall–Kier alpha value is -3.12. The zero-order valence-corrected chi connectivity index (χ0v) is 16.0. The lowest BCUT2D eigenvalue weighted by Crippen LogP contribution is -2.53. The maximum absolute atomic E-state index is 12.6. The van der Waals surface area contributed by atoms with E-state index >= 15 is 0 Å². The van der Waals surface area contributed by atoms with Gasteiger partial charge in [0.25, 0.3) is 0 Å². The SMILES string of the molecule is Nc1ncnc2c1ncn2[C@H]1O[C@@H](CO)[C@H](NC(=O)[C@@H](N)Cc2ccccc2)[C@H]1O. The van der Waals surface area contributed by atoms with Crippen LogP contribution in [0.3, 0.4) is 0 Å². The van der Waals surface area contributed by atoms with Gasteiger partial charge in [-0.25, -0.2) is 15.0 Å². The number of hydrogen-bond donors (Lipinski definition) is 5. The Morgan fingerprint density at radius 3 is 2.77 bits per heavy atom. The summed E-state index contributed by atoms with van der Waals surface area (Å²) in [6.07, 6.45) is 0.0907. The average molecular weight is 413 g/mol. The molecule has 0 radical (unpaired) electrons.